The Hall–Kier alpha value is -0.940. The molecular weight excluding hydrogens is 285 g/mol. The maximum absolute atomic E-state index is 11.1. The van der Waals surface area contributed by atoms with Crippen LogP contribution in [0, 0.1) is 10.1 Å². The van der Waals surface area contributed by atoms with E-state index in [0.29, 0.717) is 5.02 Å². The van der Waals surface area contributed by atoms with Gasteiger partial charge in [0, 0.05) is 11.1 Å². The van der Waals surface area contributed by atoms with Gasteiger partial charge in [0.25, 0.3) is 5.69 Å². The zero-order chi connectivity index (χ0) is 11.6. The SMILES string of the molecule is CC(=O)C(Br)c1cc(Cl)ccc1[N+](=O)[O-]. The molecule has 0 spiro atoms. The molecule has 15 heavy (non-hydrogen) atoms. The number of halogens is 2. The second-order valence-electron chi connectivity index (χ2n) is 2.93. The van der Waals surface area contributed by atoms with Crippen LogP contribution < -0.4 is 0 Å². The number of Topliss-reactive ketones (excluding diaryl/α,β-unsaturated/α-hetero) is 1. The van der Waals surface area contributed by atoms with Crippen molar-refractivity contribution in [1.29, 1.82) is 0 Å². The van der Waals surface area contributed by atoms with Crippen LogP contribution in [0.25, 0.3) is 0 Å². The van der Waals surface area contributed by atoms with Crippen molar-refractivity contribution in [3.05, 3.63) is 38.9 Å². The van der Waals surface area contributed by atoms with Crippen LogP contribution in [0.5, 0.6) is 0 Å². The summed E-state index contributed by atoms with van der Waals surface area (Å²) in [4.78, 5) is 20.6. The Bertz CT molecular complexity index is 422. The van der Waals surface area contributed by atoms with Crippen LogP contribution in [0.3, 0.4) is 0 Å². The van der Waals surface area contributed by atoms with E-state index in [1.807, 2.05) is 0 Å². The van der Waals surface area contributed by atoms with Gasteiger partial charge < -0.3 is 0 Å². The predicted octanol–water partition coefficient (Wildman–Crippen LogP) is 3.27. The quantitative estimate of drug-likeness (QED) is 0.488. The van der Waals surface area contributed by atoms with Crippen molar-refractivity contribution in [3.8, 4) is 0 Å². The minimum atomic E-state index is -0.698. The highest BCUT2D eigenvalue weighted by molar-refractivity contribution is 9.09. The molecule has 0 aromatic heterocycles. The topological polar surface area (TPSA) is 60.2 Å². The number of hydrogen-bond acceptors (Lipinski definition) is 3. The van der Waals surface area contributed by atoms with E-state index in [0.717, 1.165) is 0 Å². The van der Waals surface area contributed by atoms with Crippen molar-refractivity contribution in [2.45, 2.75) is 11.8 Å². The van der Waals surface area contributed by atoms with Crippen LogP contribution in [0.1, 0.15) is 17.3 Å². The molecule has 1 aromatic carbocycles. The Morgan fingerprint density at radius 2 is 2.20 bits per heavy atom. The van der Waals surface area contributed by atoms with Crippen molar-refractivity contribution >= 4 is 39.0 Å². The van der Waals surface area contributed by atoms with E-state index < -0.39 is 9.75 Å². The number of nitro benzene ring substituents is 1. The van der Waals surface area contributed by atoms with Gasteiger partial charge in [-0.1, -0.05) is 27.5 Å². The molecular formula is C9H7BrClNO3. The van der Waals surface area contributed by atoms with Crippen LogP contribution in [0.15, 0.2) is 18.2 Å². The van der Waals surface area contributed by atoms with E-state index in [-0.39, 0.29) is 17.0 Å². The number of nitro groups is 1. The van der Waals surface area contributed by atoms with Crippen molar-refractivity contribution in [3.63, 3.8) is 0 Å². The van der Waals surface area contributed by atoms with Gasteiger partial charge in [0.2, 0.25) is 0 Å². The van der Waals surface area contributed by atoms with Gasteiger partial charge in [0.1, 0.15) is 10.6 Å². The molecule has 1 atom stereocenters. The van der Waals surface area contributed by atoms with Crippen molar-refractivity contribution in [2.75, 3.05) is 0 Å². The van der Waals surface area contributed by atoms with Gasteiger partial charge in [0.05, 0.1) is 10.5 Å². The summed E-state index contributed by atoms with van der Waals surface area (Å²) in [5.74, 6) is -0.208. The lowest BCUT2D eigenvalue weighted by Gasteiger charge is -2.07. The van der Waals surface area contributed by atoms with E-state index in [1.54, 1.807) is 0 Å². The molecule has 0 aliphatic carbocycles. The highest BCUT2D eigenvalue weighted by Gasteiger charge is 2.23. The van der Waals surface area contributed by atoms with Crippen LogP contribution in [0.2, 0.25) is 5.02 Å². The van der Waals surface area contributed by atoms with Crippen LogP contribution in [-0.2, 0) is 4.79 Å². The number of carbonyl (C=O) groups is 1. The lowest BCUT2D eigenvalue weighted by atomic mass is 10.1. The molecule has 0 heterocycles. The molecule has 1 rings (SSSR count). The average Bonchev–Trinajstić information content (AvgIpc) is 2.15. The van der Waals surface area contributed by atoms with Gasteiger partial charge in [-0.3, -0.25) is 14.9 Å². The second kappa shape index (κ2) is 4.72. The third-order valence-corrected chi connectivity index (χ3v) is 3.19. The third-order valence-electron chi connectivity index (χ3n) is 1.82. The zero-order valence-electron chi connectivity index (χ0n) is 7.74. The summed E-state index contributed by atoms with van der Waals surface area (Å²) in [6, 6.07) is 4.12. The van der Waals surface area contributed by atoms with E-state index in [1.165, 1.54) is 25.1 Å². The summed E-state index contributed by atoms with van der Waals surface area (Å²) < 4.78 is 0. The number of nitrogens with zero attached hydrogens (tertiary/aromatic N) is 1. The molecule has 80 valence electrons. The maximum atomic E-state index is 11.1. The molecule has 0 radical (unpaired) electrons. The average molecular weight is 293 g/mol. The van der Waals surface area contributed by atoms with Gasteiger partial charge in [-0.05, 0) is 19.1 Å². The molecule has 0 aliphatic heterocycles. The van der Waals surface area contributed by atoms with Crippen LogP contribution >= 0.6 is 27.5 Å². The minimum absolute atomic E-state index is 0.114. The van der Waals surface area contributed by atoms with Gasteiger partial charge in [-0.2, -0.15) is 0 Å². The van der Waals surface area contributed by atoms with Crippen LogP contribution in [-0.4, -0.2) is 10.7 Å². The van der Waals surface area contributed by atoms with Crippen molar-refractivity contribution in [2.24, 2.45) is 0 Å². The summed E-state index contributed by atoms with van der Waals surface area (Å²) in [6.07, 6.45) is 0. The first kappa shape index (κ1) is 12.1. The summed E-state index contributed by atoms with van der Waals surface area (Å²) >= 11 is 8.81. The molecule has 4 nitrogen and oxygen atoms in total. The molecule has 0 aliphatic rings. The Labute approximate surface area is 99.5 Å². The molecule has 0 amide bonds. The Kier molecular flexibility index (Phi) is 3.82. The van der Waals surface area contributed by atoms with Gasteiger partial charge >= 0.3 is 0 Å². The Morgan fingerprint density at radius 1 is 1.60 bits per heavy atom. The summed E-state index contributed by atoms with van der Waals surface area (Å²) in [6.45, 7) is 1.35. The fourth-order valence-electron chi connectivity index (χ4n) is 1.11. The monoisotopic (exact) mass is 291 g/mol. The zero-order valence-corrected chi connectivity index (χ0v) is 10.1. The Balaban J connectivity index is 3.30. The smallest absolute Gasteiger partial charge is 0.274 e. The molecule has 0 bridgehead atoms. The number of ketones is 1. The standard InChI is InChI=1S/C9H7BrClNO3/c1-5(13)9(10)7-4-6(11)2-3-8(7)12(14)15/h2-4,9H,1H3. The molecule has 0 saturated heterocycles. The summed E-state index contributed by atoms with van der Waals surface area (Å²) in [5.41, 5.74) is 0.163. The highest BCUT2D eigenvalue weighted by atomic mass is 79.9. The first-order valence-electron chi connectivity index (χ1n) is 4.02. The number of hydrogen-bond donors (Lipinski definition) is 0. The van der Waals surface area contributed by atoms with E-state index in [2.05, 4.69) is 15.9 Å². The number of benzene rings is 1. The van der Waals surface area contributed by atoms with Crippen LogP contribution in [0.4, 0.5) is 5.69 Å². The fourth-order valence-corrected chi connectivity index (χ4v) is 1.66. The second-order valence-corrected chi connectivity index (χ2v) is 4.29. The largest absolute Gasteiger partial charge is 0.298 e. The van der Waals surface area contributed by atoms with Gasteiger partial charge in [0.15, 0.2) is 0 Å². The maximum Gasteiger partial charge on any atom is 0.274 e. The Morgan fingerprint density at radius 3 is 2.67 bits per heavy atom. The molecule has 1 aromatic rings. The molecule has 1 unspecified atom stereocenters. The first-order valence-corrected chi connectivity index (χ1v) is 5.31. The number of alkyl halides is 1. The molecule has 0 saturated carbocycles. The normalized spacial score (nSPS) is 12.2. The minimum Gasteiger partial charge on any atom is -0.298 e. The van der Waals surface area contributed by atoms with E-state index >= 15 is 0 Å². The van der Waals surface area contributed by atoms with Crippen molar-refractivity contribution < 1.29 is 9.72 Å². The molecule has 6 heteroatoms. The van der Waals surface area contributed by atoms with Gasteiger partial charge in [-0.25, -0.2) is 0 Å². The number of carbonyl (C=O) groups excluding carboxylic acids is 1. The lowest BCUT2D eigenvalue weighted by Crippen LogP contribution is -2.04. The summed E-state index contributed by atoms with van der Waals surface area (Å²) in [5, 5.41) is 11.1. The fraction of sp³-hybridized carbons (Fsp3) is 0.222. The number of rotatable bonds is 3. The predicted molar refractivity (Wildman–Crippen MR) is 60.5 cm³/mol. The lowest BCUT2D eigenvalue weighted by molar-refractivity contribution is -0.385. The van der Waals surface area contributed by atoms with E-state index in [4.69, 9.17) is 11.6 Å². The first-order chi connectivity index (χ1) is 6.93. The molecule has 0 fully saturated rings. The highest BCUT2D eigenvalue weighted by Crippen LogP contribution is 2.33. The van der Waals surface area contributed by atoms with Gasteiger partial charge in [-0.15, -0.1) is 0 Å². The summed E-state index contributed by atoms with van der Waals surface area (Å²) in [7, 11) is 0. The van der Waals surface area contributed by atoms with Crippen molar-refractivity contribution in [1.82, 2.24) is 0 Å². The third kappa shape index (κ3) is 2.76. The molecule has 0 N–H and O–H groups in total. The van der Waals surface area contributed by atoms with E-state index in [9.17, 15) is 14.9 Å².